The van der Waals surface area contributed by atoms with Crippen LogP contribution >= 0.6 is 0 Å². The second-order valence-corrected chi connectivity index (χ2v) is 8.30. The zero-order valence-corrected chi connectivity index (χ0v) is 14.0. The van der Waals surface area contributed by atoms with Gasteiger partial charge in [-0.1, -0.05) is 12.1 Å². The highest BCUT2D eigenvalue weighted by Gasteiger charge is 2.52. The second kappa shape index (κ2) is 5.89. The van der Waals surface area contributed by atoms with Crippen LogP contribution in [0.1, 0.15) is 31.2 Å². The standard InChI is InChI=1S/C16H22N2O4S/c1-22-15(19)16(8-9-16)12-4-6-14(7-5-12)23(20,21)18-10-2-3-13(17)11-18/h4-7,13H,2-3,8-11,17H2,1H3. The molecule has 3 rings (SSSR count). The zero-order chi connectivity index (χ0) is 16.7. The van der Waals surface area contributed by atoms with Crippen LogP contribution in [0.25, 0.3) is 0 Å². The molecule has 1 heterocycles. The van der Waals surface area contributed by atoms with E-state index in [0.29, 0.717) is 13.1 Å². The lowest BCUT2D eigenvalue weighted by atomic mass is 9.96. The largest absolute Gasteiger partial charge is 0.468 e. The van der Waals surface area contributed by atoms with Gasteiger partial charge in [0.1, 0.15) is 0 Å². The smallest absolute Gasteiger partial charge is 0.316 e. The van der Waals surface area contributed by atoms with Crippen molar-refractivity contribution in [3.63, 3.8) is 0 Å². The fourth-order valence-corrected chi connectivity index (χ4v) is 4.75. The zero-order valence-electron chi connectivity index (χ0n) is 13.2. The summed E-state index contributed by atoms with van der Waals surface area (Å²) >= 11 is 0. The highest BCUT2D eigenvalue weighted by atomic mass is 32.2. The van der Waals surface area contributed by atoms with Crippen molar-refractivity contribution in [1.29, 1.82) is 0 Å². The van der Waals surface area contributed by atoms with Gasteiger partial charge >= 0.3 is 5.97 Å². The van der Waals surface area contributed by atoms with Gasteiger partial charge in [-0.2, -0.15) is 4.31 Å². The monoisotopic (exact) mass is 338 g/mol. The third-order valence-corrected chi connectivity index (χ3v) is 6.67. The molecule has 1 unspecified atom stereocenters. The molecule has 1 aliphatic carbocycles. The Morgan fingerprint density at radius 2 is 1.96 bits per heavy atom. The molecule has 126 valence electrons. The minimum atomic E-state index is -3.53. The molecule has 2 fully saturated rings. The number of methoxy groups -OCH3 is 1. The molecule has 1 aromatic rings. The maximum absolute atomic E-state index is 12.7. The third-order valence-electron chi connectivity index (χ3n) is 4.79. The van der Waals surface area contributed by atoms with Gasteiger partial charge in [-0.25, -0.2) is 8.42 Å². The molecule has 1 saturated heterocycles. The van der Waals surface area contributed by atoms with E-state index >= 15 is 0 Å². The van der Waals surface area contributed by atoms with Gasteiger partial charge in [-0.3, -0.25) is 4.79 Å². The van der Waals surface area contributed by atoms with E-state index in [-0.39, 0.29) is 16.9 Å². The lowest BCUT2D eigenvalue weighted by Crippen LogP contribution is -2.45. The summed E-state index contributed by atoms with van der Waals surface area (Å²) in [6.07, 6.45) is 3.12. The van der Waals surface area contributed by atoms with Crippen molar-refractivity contribution < 1.29 is 17.9 Å². The summed E-state index contributed by atoms with van der Waals surface area (Å²) in [7, 11) is -2.15. The first-order valence-corrected chi connectivity index (χ1v) is 9.29. The van der Waals surface area contributed by atoms with E-state index in [1.807, 2.05) is 0 Å². The number of esters is 1. The number of sulfonamides is 1. The fraction of sp³-hybridized carbons (Fsp3) is 0.562. The number of benzene rings is 1. The van der Waals surface area contributed by atoms with Crippen molar-refractivity contribution in [2.75, 3.05) is 20.2 Å². The SMILES string of the molecule is COC(=O)C1(c2ccc(S(=O)(=O)N3CCCC(N)C3)cc2)CC1. The first kappa shape index (κ1) is 16.4. The summed E-state index contributed by atoms with van der Waals surface area (Å²) in [6.45, 7) is 0.861. The number of piperidine rings is 1. The van der Waals surface area contributed by atoms with Gasteiger partial charge in [0, 0.05) is 19.1 Å². The Bertz CT molecular complexity index is 695. The summed E-state index contributed by atoms with van der Waals surface area (Å²) in [4.78, 5) is 12.1. The van der Waals surface area contributed by atoms with E-state index in [0.717, 1.165) is 31.2 Å². The number of hydrogen-bond acceptors (Lipinski definition) is 5. The third kappa shape index (κ3) is 2.88. The minimum Gasteiger partial charge on any atom is -0.468 e. The molecule has 1 atom stereocenters. The van der Waals surface area contributed by atoms with Gasteiger partial charge in [0.05, 0.1) is 17.4 Å². The van der Waals surface area contributed by atoms with Crippen molar-refractivity contribution >= 4 is 16.0 Å². The van der Waals surface area contributed by atoms with Crippen molar-refractivity contribution in [1.82, 2.24) is 4.31 Å². The molecular weight excluding hydrogens is 316 g/mol. The van der Waals surface area contributed by atoms with Crippen LogP contribution in [-0.4, -0.2) is 44.9 Å². The van der Waals surface area contributed by atoms with E-state index in [2.05, 4.69) is 0 Å². The number of rotatable bonds is 4. The highest BCUT2D eigenvalue weighted by molar-refractivity contribution is 7.89. The number of nitrogens with two attached hydrogens (primary N) is 1. The van der Waals surface area contributed by atoms with Gasteiger partial charge in [-0.05, 0) is 43.4 Å². The Hall–Kier alpha value is -1.44. The number of carbonyl (C=O) groups excluding carboxylic acids is 1. The molecule has 0 aromatic heterocycles. The van der Waals surface area contributed by atoms with Crippen LogP contribution in [-0.2, 0) is 25.0 Å². The van der Waals surface area contributed by atoms with E-state index < -0.39 is 15.4 Å². The van der Waals surface area contributed by atoms with E-state index in [1.165, 1.54) is 11.4 Å². The average molecular weight is 338 g/mol. The van der Waals surface area contributed by atoms with Gasteiger partial charge in [-0.15, -0.1) is 0 Å². The van der Waals surface area contributed by atoms with Crippen LogP contribution in [0.4, 0.5) is 0 Å². The van der Waals surface area contributed by atoms with Crippen LogP contribution < -0.4 is 5.73 Å². The Balaban J connectivity index is 1.83. The summed E-state index contributed by atoms with van der Waals surface area (Å²) in [5.74, 6) is -0.255. The lowest BCUT2D eigenvalue weighted by molar-refractivity contribution is -0.143. The Labute approximate surface area is 136 Å². The molecule has 1 aliphatic heterocycles. The number of nitrogens with zero attached hydrogens (tertiary/aromatic N) is 1. The van der Waals surface area contributed by atoms with Crippen LogP contribution in [0.5, 0.6) is 0 Å². The average Bonchev–Trinajstić information content (AvgIpc) is 3.36. The molecule has 1 saturated carbocycles. The molecule has 2 aliphatic rings. The topological polar surface area (TPSA) is 89.7 Å². The van der Waals surface area contributed by atoms with Crippen LogP contribution in [0.15, 0.2) is 29.2 Å². The molecule has 7 heteroatoms. The maximum Gasteiger partial charge on any atom is 0.316 e. The Morgan fingerprint density at radius 3 is 2.48 bits per heavy atom. The molecule has 0 bridgehead atoms. The predicted octanol–water partition coefficient (Wildman–Crippen LogP) is 1.00. The molecular formula is C16H22N2O4S. The lowest BCUT2D eigenvalue weighted by Gasteiger charge is -2.30. The summed E-state index contributed by atoms with van der Waals surface area (Å²) in [6, 6.07) is 6.50. The predicted molar refractivity (Wildman–Crippen MR) is 85.3 cm³/mol. The van der Waals surface area contributed by atoms with E-state index in [4.69, 9.17) is 10.5 Å². The van der Waals surface area contributed by atoms with Gasteiger partial charge < -0.3 is 10.5 Å². The molecule has 1 aromatic carbocycles. The first-order valence-electron chi connectivity index (χ1n) is 7.85. The van der Waals surface area contributed by atoms with Gasteiger partial charge in [0.2, 0.25) is 10.0 Å². The van der Waals surface area contributed by atoms with Crippen molar-refractivity contribution in [3.8, 4) is 0 Å². The molecule has 0 radical (unpaired) electrons. The van der Waals surface area contributed by atoms with Crippen LogP contribution in [0.2, 0.25) is 0 Å². The van der Waals surface area contributed by atoms with Gasteiger partial charge in [0.25, 0.3) is 0 Å². The quantitative estimate of drug-likeness (QED) is 0.827. The van der Waals surface area contributed by atoms with Crippen molar-refractivity contribution in [2.45, 2.75) is 42.0 Å². The minimum absolute atomic E-state index is 0.105. The number of hydrogen-bond donors (Lipinski definition) is 1. The number of ether oxygens (including phenoxy) is 1. The van der Waals surface area contributed by atoms with Gasteiger partial charge in [0.15, 0.2) is 0 Å². The normalized spacial score (nSPS) is 24.2. The first-order chi connectivity index (χ1) is 10.9. The molecule has 0 amide bonds. The fourth-order valence-electron chi connectivity index (χ4n) is 3.22. The van der Waals surface area contributed by atoms with Crippen molar-refractivity contribution in [2.24, 2.45) is 5.73 Å². The second-order valence-electron chi connectivity index (χ2n) is 6.36. The van der Waals surface area contributed by atoms with Crippen LogP contribution in [0, 0.1) is 0 Å². The molecule has 6 nitrogen and oxygen atoms in total. The summed E-state index contributed by atoms with van der Waals surface area (Å²) < 4.78 is 31.7. The summed E-state index contributed by atoms with van der Waals surface area (Å²) in [5, 5.41) is 0. The summed E-state index contributed by atoms with van der Waals surface area (Å²) in [5.41, 5.74) is 6.12. The van der Waals surface area contributed by atoms with E-state index in [9.17, 15) is 13.2 Å². The van der Waals surface area contributed by atoms with Crippen LogP contribution in [0.3, 0.4) is 0 Å². The maximum atomic E-state index is 12.7. The Kier molecular flexibility index (Phi) is 4.20. The van der Waals surface area contributed by atoms with E-state index in [1.54, 1.807) is 24.3 Å². The Morgan fingerprint density at radius 1 is 1.30 bits per heavy atom. The van der Waals surface area contributed by atoms with Crippen molar-refractivity contribution in [3.05, 3.63) is 29.8 Å². The number of carbonyl (C=O) groups is 1. The molecule has 2 N–H and O–H groups in total. The molecule has 0 spiro atoms. The highest BCUT2D eigenvalue weighted by Crippen LogP contribution is 2.49. The molecule has 23 heavy (non-hydrogen) atoms.